The minimum atomic E-state index is -1.32. The molecule has 4 nitrogen and oxygen atoms in total. The van der Waals surface area contributed by atoms with Crippen LogP contribution in [0, 0.1) is 0 Å². The molecule has 0 bridgehead atoms. The first-order chi connectivity index (χ1) is 10.1. The smallest absolute Gasteiger partial charge is 0.338 e. The minimum absolute atomic E-state index is 0.294. The van der Waals surface area contributed by atoms with Crippen LogP contribution >= 0.6 is 0 Å². The quantitative estimate of drug-likeness (QED) is 0.583. The molecule has 0 radical (unpaired) electrons. The van der Waals surface area contributed by atoms with Gasteiger partial charge in [0.2, 0.25) is 0 Å². The van der Waals surface area contributed by atoms with Gasteiger partial charge in [0.15, 0.2) is 0 Å². The first kappa shape index (κ1) is 13.8. The van der Waals surface area contributed by atoms with E-state index >= 15 is 0 Å². The maximum atomic E-state index is 12.7. The third-order valence-corrected chi connectivity index (χ3v) is 5.03. The molecule has 0 aliphatic carbocycles. The van der Waals surface area contributed by atoms with Crippen LogP contribution in [-0.4, -0.2) is 16.8 Å². The summed E-state index contributed by atoms with van der Waals surface area (Å²) in [7, 11) is -1.32. The average Bonchev–Trinajstić information content (AvgIpc) is 2.48. The fourth-order valence-corrected chi connectivity index (χ4v) is 4.01. The van der Waals surface area contributed by atoms with Crippen molar-refractivity contribution < 1.29 is 13.7 Å². The number of ether oxygens (including phenoxy) is 1. The van der Waals surface area contributed by atoms with Crippen molar-refractivity contribution in [2.24, 2.45) is 0 Å². The van der Waals surface area contributed by atoms with E-state index in [0.717, 1.165) is 16.0 Å². The summed E-state index contributed by atoms with van der Waals surface area (Å²) in [6.07, 6.45) is 0.561. The molecule has 0 amide bonds. The summed E-state index contributed by atoms with van der Waals surface area (Å²) in [5.74, 6) is -0.419. The maximum absolute atomic E-state index is 12.7. The molecule has 1 unspecified atom stereocenters. The zero-order valence-corrected chi connectivity index (χ0v) is 12.4. The second kappa shape index (κ2) is 5.33. The van der Waals surface area contributed by atoms with Gasteiger partial charge in [-0.25, -0.2) is 9.00 Å². The van der Waals surface area contributed by atoms with Crippen molar-refractivity contribution in [2.75, 3.05) is 12.3 Å². The minimum Gasteiger partial charge on any atom is -0.462 e. The molecular weight excluding hydrogens is 286 g/mol. The number of anilines is 1. The third-order valence-electron chi connectivity index (χ3n) is 3.47. The van der Waals surface area contributed by atoms with Gasteiger partial charge in [-0.05, 0) is 36.2 Å². The van der Waals surface area contributed by atoms with E-state index in [1.54, 1.807) is 19.1 Å². The summed E-state index contributed by atoms with van der Waals surface area (Å²) in [6, 6.07) is 10.8. The molecule has 108 valence electrons. The van der Waals surface area contributed by atoms with Gasteiger partial charge in [-0.3, -0.25) is 0 Å². The Labute approximate surface area is 125 Å². The number of hydrogen-bond acceptors (Lipinski definition) is 4. The monoisotopic (exact) mass is 301 g/mol. The van der Waals surface area contributed by atoms with Crippen LogP contribution in [0.15, 0.2) is 46.2 Å². The van der Waals surface area contributed by atoms with Gasteiger partial charge in [0, 0.05) is 17.0 Å². The molecule has 2 N–H and O–H groups in total. The molecular formula is C16H15NO3S. The van der Waals surface area contributed by atoms with Crippen molar-refractivity contribution in [3.8, 4) is 0 Å². The van der Waals surface area contributed by atoms with Crippen molar-refractivity contribution in [3.63, 3.8) is 0 Å². The predicted molar refractivity (Wildman–Crippen MR) is 80.7 cm³/mol. The summed E-state index contributed by atoms with van der Waals surface area (Å²) in [6.45, 7) is 2.05. The van der Waals surface area contributed by atoms with Crippen LogP contribution in [0.3, 0.4) is 0 Å². The molecule has 5 heteroatoms. The summed E-state index contributed by atoms with van der Waals surface area (Å²) in [5.41, 5.74) is 8.41. The largest absolute Gasteiger partial charge is 0.462 e. The van der Waals surface area contributed by atoms with Gasteiger partial charge < -0.3 is 10.5 Å². The van der Waals surface area contributed by atoms with Crippen LogP contribution < -0.4 is 5.73 Å². The molecule has 0 saturated heterocycles. The van der Waals surface area contributed by atoms with Crippen molar-refractivity contribution in [3.05, 3.63) is 53.1 Å². The number of fused-ring (bicyclic) bond motifs is 2. The lowest BCUT2D eigenvalue weighted by Gasteiger charge is -2.21. The van der Waals surface area contributed by atoms with Gasteiger partial charge in [-0.1, -0.05) is 18.2 Å². The zero-order chi connectivity index (χ0) is 15.0. The number of rotatable bonds is 2. The van der Waals surface area contributed by atoms with Gasteiger partial charge in [-0.2, -0.15) is 0 Å². The second-order valence-electron chi connectivity index (χ2n) is 4.82. The van der Waals surface area contributed by atoms with Gasteiger partial charge in [-0.15, -0.1) is 0 Å². The Kier molecular flexibility index (Phi) is 3.51. The van der Waals surface area contributed by atoms with E-state index < -0.39 is 16.8 Å². The molecule has 3 rings (SSSR count). The fourth-order valence-electron chi connectivity index (χ4n) is 2.55. The molecule has 0 spiro atoms. The van der Waals surface area contributed by atoms with Crippen LogP contribution in [0.2, 0.25) is 0 Å². The number of benzene rings is 2. The molecule has 0 aromatic heterocycles. The molecule has 2 aromatic rings. The first-order valence-electron chi connectivity index (χ1n) is 6.71. The number of carbonyl (C=O) groups excluding carboxylic acids is 1. The Balaban J connectivity index is 2.18. The lowest BCUT2D eigenvalue weighted by Crippen LogP contribution is -2.16. The SMILES string of the molecule is CCOC(=O)c1cc(N)cc2c1Cc1ccccc1S2=O. The Bertz CT molecular complexity index is 755. The lowest BCUT2D eigenvalue weighted by atomic mass is 9.98. The summed E-state index contributed by atoms with van der Waals surface area (Å²) in [5, 5.41) is 0. The number of nitrogens with two attached hydrogens (primary N) is 1. The molecule has 1 heterocycles. The highest BCUT2D eigenvalue weighted by molar-refractivity contribution is 7.85. The van der Waals surface area contributed by atoms with Crippen LogP contribution in [0.5, 0.6) is 0 Å². The average molecular weight is 301 g/mol. The van der Waals surface area contributed by atoms with Crippen LogP contribution in [0.1, 0.15) is 28.4 Å². The summed E-state index contributed by atoms with van der Waals surface area (Å²) >= 11 is 0. The van der Waals surface area contributed by atoms with E-state index in [9.17, 15) is 9.00 Å². The number of carbonyl (C=O) groups is 1. The van der Waals surface area contributed by atoms with Gasteiger partial charge in [0.1, 0.15) is 0 Å². The highest BCUT2D eigenvalue weighted by Gasteiger charge is 2.27. The van der Waals surface area contributed by atoms with Crippen molar-refractivity contribution >= 4 is 22.5 Å². The Hall–Kier alpha value is -2.14. The Morgan fingerprint density at radius 3 is 2.81 bits per heavy atom. The van der Waals surface area contributed by atoms with Crippen LogP contribution in [0.4, 0.5) is 5.69 Å². The molecule has 1 atom stereocenters. The maximum Gasteiger partial charge on any atom is 0.338 e. The van der Waals surface area contributed by atoms with E-state index in [-0.39, 0.29) is 0 Å². The van der Waals surface area contributed by atoms with Gasteiger partial charge >= 0.3 is 5.97 Å². The van der Waals surface area contributed by atoms with Crippen LogP contribution in [0.25, 0.3) is 0 Å². The van der Waals surface area contributed by atoms with E-state index in [1.165, 1.54) is 0 Å². The van der Waals surface area contributed by atoms with Gasteiger partial charge in [0.25, 0.3) is 0 Å². The first-order valence-corrected chi connectivity index (χ1v) is 7.86. The Morgan fingerprint density at radius 1 is 1.29 bits per heavy atom. The fraction of sp³-hybridized carbons (Fsp3) is 0.188. The number of esters is 1. The Morgan fingerprint density at radius 2 is 2.05 bits per heavy atom. The molecule has 1 aliphatic rings. The van der Waals surface area contributed by atoms with E-state index in [0.29, 0.717) is 29.2 Å². The van der Waals surface area contributed by atoms with E-state index in [4.69, 9.17) is 10.5 Å². The normalized spacial score (nSPS) is 16.0. The summed E-state index contributed by atoms with van der Waals surface area (Å²) in [4.78, 5) is 13.5. The summed E-state index contributed by atoms with van der Waals surface area (Å²) < 4.78 is 17.8. The molecule has 21 heavy (non-hydrogen) atoms. The van der Waals surface area contributed by atoms with Gasteiger partial charge in [0.05, 0.1) is 27.9 Å². The topological polar surface area (TPSA) is 69.4 Å². The standard InChI is InChI=1S/C16H15NO3S/c1-2-20-16(18)13-8-11(17)9-15-12(13)7-10-5-3-4-6-14(10)21(15)19/h3-6,8-9H,2,7,17H2,1H3. The van der Waals surface area contributed by atoms with E-state index in [2.05, 4.69) is 0 Å². The molecule has 2 aromatic carbocycles. The second-order valence-corrected chi connectivity index (χ2v) is 6.24. The van der Waals surface area contributed by atoms with E-state index in [1.807, 2.05) is 24.3 Å². The van der Waals surface area contributed by atoms with Crippen molar-refractivity contribution in [1.82, 2.24) is 0 Å². The molecule has 0 saturated carbocycles. The van der Waals surface area contributed by atoms with Crippen molar-refractivity contribution in [2.45, 2.75) is 23.1 Å². The highest BCUT2D eigenvalue weighted by Crippen LogP contribution is 2.35. The number of hydrogen-bond donors (Lipinski definition) is 1. The highest BCUT2D eigenvalue weighted by atomic mass is 32.2. The zero-order valence-electron chi connectivity index (χ0n) is 11.6. The molecule has 1 aliphatic heterocycles. The van der Waals surface area contributed by atoms with Crippen molar-refractivity contribution in [1.29, 1.82) is 0 Å². The third kappa shape index (κ3) is 2.34. The number of nitrogen functional groups attached to an aromatic ring is 1. The predicted octanol–water partition coefficient (Wildman–Crippen LogP) is 2.52. The van der Waals surface area contributed by atoms with Crippen LogP contribution in [-0.2, 0) is 22.0 Å². The molecule has 0 fully saturated rings. The lowest BCUT2D eigenvalue weighted by molar-refractivity contribution is 0.0525.